The molecule has 38 heavy (non-hydrogen) atoms. The smallest absolute Gasteiger partial charge is 0.270 e. The minimum Gasteiger partial charge on any atom is -0.346 e. The second kappa shape index (κ2) is 13.1. The van der Waals surface area contributed by atoms with Gasteiger partial charge in [-0.3, -0.25) is 34.3 Å². The summed E-state index contributed by atoms with van der Waals surface area (Å²) < 4.78 is 0. The highest BCUT2D eigenvalue weighted by molar-refractivity contribution is 6.16. The molecule has 0 spiro atoms. The van der Waals surface area contributed by atoms with Crippen molar-refractivity contribution in [3.63, 3.8) is 0 Å². The molecule has 4 amide bonds. The van der Waals surface area contributed by atoms with E-state index in [2.05, 4.69) is 27.9 Å². The highest BCUT2D eigenvalue weighted by Gasteiger charge is 2.46. The molecule has 1 aromatic carbocycles. The van der Waals surface area contributed by atoms with Crippen molar-refractivity contribution in [2.75, 3.05) is 0 Å². The standard InChI is InChI=1S/C29H36N4O5/c1-5-6-10-19-13-14-21(30-16-19)28(37)31-22(20-11-8-7-9-12-20)15-23(34)32-25(17(2)3)26(35)24-18(4)27(36)33-29(24)38/h7-9,11-14,16-18,22,24-25H,5-6,10,15H2,1-4H3,(H,31,37)(H,32,34)(H,33,36,38)/t18-,22-,24+,25+/m0/s1. The Hall–Kier alpha value is -3.88. The van der Waals surface area contributed by atoms with Crippen molar-refractivity contribution in [1.82, 2.24) is 20.9 Å². The molecular weight excluding hydrogens is 484 g/mol. The number of aryl methyl sites for hydroxylation is 1. The summed E-state index contributed by atoms with van der Waals surface area (Å²) in [5.74, 6) is -4.79. The molecule has 0 saturated carbocycles. The van der Waals surface area contributed by atoms with Crippen molar-refractivity contribution >= 4 is 29.4 Å². The van der Waals surface area contributed by atoms with Gasteiger partial charge in [0.05, 0.1) is 24.4 Å². The Morgan fingerprint density at radius 2 is 1.71 bits per heavy atom. The van der Waals surface area contributed by atoms with Crippen LogP contribution in [0.3, 0.4) is 0 Å². The first-order chi connectivity index (χ1) is 18.1. The molecule has 9 heteroatoms. The van der Waals surface area contributed by atoms with Gasteiger partial charge < -0.3 is 10.6 Å². The minimum atomic E-state index is -1.15. The molecule has 0 unspecified atom stereocenters. The summed E-state index contributed by atoms with van der Waals surface area (Å²) in [5, 5.41) is 7.82. The third-order valence-corrected chi connectivity index (χ3v) is 6.81. The van der Waals surface area contributed by atoms with Gasteiger partial charge in [0, 0.05) is 6.20 Å². The number of carbonyl (C=O) groups is 5. The number of benzene rings is 1. The number of Topliss-reactive ketones (excluding diaryl/α,β-unsaturated/α-hetero) is 1. The summed E-state index contributed by atoms with van der Waals surface area (Å²) in [6.45, 7) is 7.15. The summed E-state index contributed by atoms with van der Waals surface area (Å²) in [7, 11) is 0. The lowest BCUT2D eigenvalue weighted by Crippen LogP contribution is -2.49. The van der Waals surface area contributed by atoms with Crippen LogP contribution in [0.2, 0.25) is 0 Å². The maximum Gasteiger partial charge on any atom is 0.270 e. The zero-order valence-electron chi connectivity index (χ0n) is 22.3. The van der Waals surface area contributed by atoms with E-state index in [4.69, 9.17) is 0 Å². The average Bonchev–Trinajstić information content (AvgIpc) is 3.16. The predicted octanol–water partition coefficient (Wildman–Crippen LogP) is 2.90. The number of carbonyl (C=O) groups excluding carboxylic acids is 5. The van der Waals surface area contributed by atoms with Crippen LogP contribution in [0.1, 0.15) is 74.6 Å². The van der Waals surface area contributed by atoms with Gasteiger partial charge in [0.1, 0.15) is 11.6 Å². The van der Waals surface area contributed by atoms with Crippen LogP contribution in [0.25, 0.3) is 0 Å². The molecule has 1 aromatic heterocycles. The van der Waals surface area contributed by atoms with Crippen molar-refractivity contribution in [2.24, 2.45) is 17.8 Å². The summed E-state index contributed by atoms with van der Waals surface area (Å²) in [6, 6.07) is 11.0. The first kappa shape index (κ1) is 28.7. The van der Waals surface area contributed by atoms with Crippen LogP contribution in [0.5, 0.6) is 0 Å². The first-order valence-corrected chi connectivity index (χ1v) is 13.1. The SMILES string of the molecule is CCCCc1ccc(C(=O)N[C@@H](CC(=O)N[C@@H](C(=O)[C@@H]2C(=O)NC(=O)[C@H]2C)C(C)C)c2ccccc2)nc1. The van der Waals surface area contributed by atoms with Crippen LogP contribution in [-0.4, -0.2) is 40.4 Å². The molecule has 2 aromatic rings. The van der Waals surface area contributed by atoms with E-state index in [1.807, 2.05) is 24.3 Å². The lowest BCUT2D eigenvalue weighted by molar-refractivity contribution is -0.137. The predicted molar refractivity (Wildman–Crippen MR) is 142 cm³/mol. The topological polar surface area (TPSA) is 134 Å². The van der Waals surface area contributed by atoms with E-state index in [1.54, 1.807) is 38.2 Å². The van der Waals surface area contributed by atoms with Gasteiger partial charge in [-0.25, -0.2) is 0 Å². The van der Waals surface area contributed by atoms with Crippen molar-refractivity contribution in [2.45, 2.75) is 65.5 Å². The molecule has 1 saturated heterocycles. The zero-order valence-corrected chi connectivity index (χ0v) is 22.3. The maximum absolute atomic E-state index is 13.2. The van der Waals surface area contributed by atoms with Gasteiger partial charge in [0.2, 0.25) is 17.7 Å². The van der Waals surface area contributed by atoms with E-state index in [-0.39, 0.29) is 18.0 Å². The fourth-order valence-corrected chi connectivity index (χ4v) is 4.50. The third kappa shape index (κ3) is 7.12. The minimum absolute atomic E-state index is 0.133. The number of rotatable bonds is 12. The zero-order chi connectivity index (χ0) is 27.8. The number of ketones is 1. The number of hydrogen-bond acceptors (Lipinski definition) is 6. The van der Waals surface area contributed by atoms with Gasteiger partial charge in [0.15, 0.2) is 5.78 Å². The van der Waals surface area contributed by atoms with Crippen molar-refractivity contribution in [3.8, 4) is 0 Å². The molecule has 3 rings (SSSR count). The summed E-state index contributed by atoms with van der Waals surface area (Å²) in [6.07, 6.45) is 4.56. The Balaban J connectivity index is 1.73. The maximum atomic E-state index is 13.2. The Morgan fingerprint density at radius 3 is 2.26 bits per heavy atom. The molecule has 0 aliphatic carbocycles. The summed E-state index contributed by atoms with van der Waals surface area (Å²) >= 11 is 0. The fourth-order valence-electron chi connectivity index (χ4n) is 4.50. The Kier molecular flexibility index (Phi) is 9.87. The molecule has 1 fully saturated rings. The van der Waals surface area contributed by atoms with Crippen LogP contribution < -0.4 is 16.0 Å². The number of nitrogens with zero attached hydrogens (tertiary/aromatic N) is 1. The van der Waals surface area contributed by atoms with Gasteiger partial charge in [-0.15, -0.1) is 0 Å². The van der Waals surface area contributed by atoms with Crippen molar-refractivity contribution in [3.05, 3.63) is 65.5 Å². The molecule has 0 bridgehead atoms. The van der Waals surface area contributed by atoms with Crippen LogP contribution in [0.4, 0.5) is 0 Å². The van der Waals surface area contributed by atoms with E-state index in [1.165, 1.54) is 6.92 Å². The van der Waals surface area contributed by atoms with Crippen LogP contribution >= 0.6 is 0 Å². The highest BCUT2D eigenvalue weighted by Crippen LogP contribution is 2.24. The number of nitrogens with one attached hydrogen (secondary N) is 3. The van der Waals surface area contributed by atoms with Crippen molar-refractivity contribution in [1.29, 1.82) is 0 Å². The second-order valence-electron chi connectivity index (χ2n) is 10.1. The van der Waals surface area contributed by atoms with E-state index in [0.717, 1.165) is 30.4 Å². The normalized spacial score (nSPS) is 18.6. The van der Waals surface area contributed by atoms with Gasteiger partial charge >= 0.3 is 0 Å². The van der Waals surface area contributed by atoms with Crippen LogP contribution in [0, 0.1) is 17.8 Å². The Morgan fingerprint density at radius 1 is 1.00 bits per heavy atom. The molecule has 3 N–H and O–H groups in total. The van der Waals surface area contributed by atoms with Crippen LogP contribution in [0.15, 0.2) is 48.7 Å². The van der Waals surface area contributed by atoms with E-state index in [9.17, 15) is 24.0 Å². The lowest BCUT2D eigenvalue weighted by atomic mass is 9.85. The number of aromatic nitrogens is 1. The molecule has 1 aliphatic rings. The monoisotopic (exact) mass is 520 g/mol. The Labute approximate surface area is 223 Å². The summed E-state index contributed by atoms with van der Waals surface area (Å²) in [5.41, 5.74) is 2.02. The number of imide groups is 1. The van der Waals surface area contributed by atoms with Crippen molar-refractivity contribution < 1.29 is 24.0 Å². The largest absolute Gasteiger partial charge is 0.346 e. The fraction of sp³-hybridized carbons (Fsp3) is 0.448. The molecule has 0 radical (unpaired) electrons. The van der Waals surface area contributed by atoms with E-state index < -0.39 is 53.3 Å². The van der Waals surface area contributed by atoms with E-state index in [0.29, 0.717) is 0 Å². The quantitative estimate of drug-likeness (QED) is 0.291. The lowest BCUT2D eigenvalue weighted by Gasteiger charge is -2.26. The average molecular weight is 521 g/mol. The molecule has 202 valence electrons. The van der Waals surface area contributed by atoms with E-state index >= 15 is 0 Å². The number of pyridine rings is 1. The molecule has 1 aliphatic heterocycles. The van der Waals surface area contributed by atoms with Gasteiger partial charge in [-0.05, 0) is 36.0 Å². The Bertz CT molecular complexity index is 1160. The molecular formula is C29H36N4O5. The number of hydrogen-bond donors (Lipinski definition) is 3. The number of unbranched alkanes of at least 4 members (excludes halogenated alkanes) is 1. The third-order valence-electron chi connectivity index (χ3n) is 6.81. The van der Waals surface area contributed by atoms with Gasteiger partial charge in [0.25, 0.3) is 5.91 Å². The van der Waals surface area contributed by atoms with Gasteiger partial charge in [-0.2, -0.15) is 0 Å². The highest BCUT2D eigenvalue weighted by atomic mass is 16.2. The summed E-state index contributed by atoms with van der Waals surface area (Å²) in [4.78, 5) is 67.8. The molecule has 9 nitrogen and oxygen atoms in total. The molecule has 2 heterocycles. The first-order valence-electron chi connectivity index (χ1n) is 13.1. The van der Waals surface area contributed by atoms with Gasteiger partial charge in [-0.1, -0.05) is 70.5 Å². The number of amides is 4. The molecule has 4 atom stereocenters. The van der Waals surface area contributed by atoms with Crippen LogP contribution in [-0.2, 0) is 25.6 Å². The second-order valence-corrected chi connectivity index (χ2v) is 10.1.